The van der Waals surface area contributed by atoms with Gasteiger partial charge in [-0.2, -0.15) is 0 Å². The summed E-state index contributed by atoms with van der Waals surface area (Å²) in [5, 5.41) is 9.43. The van der Waals surface area contributed by atoms with Crippen molar-refractivity contribution in [1.82, 2.24) is 10.6 Å². The van der Waals surface area contributed by atoms with Gasteiger partial charge in [0.1, 0.15) is 6.04 Å². The third-order valence-corrected chi connectivity index (χ3v) is 8.85. The minimum atomic E-state index is -0.590. The van der Waals surface area contributed by atoms with E-state index in [-0.39, 0.29) is 23.2 Å². The molecule has 0 aromatic heterocycles. The van der Waals surface area contributed by atoms with Crippen LogP contribution in [0.2, 0.25) is 0 Å². The molecule has 0 aliphatic heterocycles. The van der Waals surface area contributed by atoms with Gasteiger partial charge in [-0.1, -0.05) is 38.0 Å². The zero-order chi connectivity index (χ0) is 31.8. The van der Waals surface area contributed by atoms with Crippen LogP contribution >= 0.6 is 0 Å². The van der Waals surface area contributed by atoms with Gasteiger partial charge in [0.25, 0.3) is 0 Å². The lowest BCUT2D eigenvalue weighted by molar-refractivity contribution is -0.123. The molecule has 2 aliphatic rings. The zero-order valence-corrected chi connectivity index (χ0v) is 26.9. The van der Waals surface area contributed by atoms with Crippen molar-refractivity contribution < 1.29 is 23.8 Å². The summed E-state index contributed by atoms with van der Waals surface area (Å²) in [5.41, 5.74) is 4.60. The third-order valence-electron chi connectivity index (χ3n) is 8.85. The Balaban J connectivity index is 1.76. The van der Waals surface area contributed by atoms with E-state index >= 15 is 0 Å². The van der Waals surface area contributed by atoms with Crippen LogP contribution in [-0.4, -0.2) is 45.7 Å². The second kappa shape index (κ2) is 15.1. The van der Waals surface area contributed by atoms with Gasteiger partial charge in [-0.05, 0) is 85.8 Å². The minimum Gasteiger partial charge on any atom is -0.493 e. The number of amides is 2. The molecule has 0 saturated heterocycles. The smallest absolute Gasteiger partial charge is 0.242 e. The molecular formula is C35H47N3O6. The van der Waals surface area contributed by atoms with E-state index in [2.05, 4.69) is 22.0 Å². The zero-order valence-electron chi connectivity index (χ0n) is 26.9. The van der Waals surface area contributed by atoms with E-state index in [1.54, 1.807) is 33.5 Å². The normalized spacial score (nSPS) is 17.0. The van der Waals surface area contributed by atoms with Crippen LogP contribution in [0.25, 0.3) is 11.1 Å². The van der Waals surface area contributed by atoms with Crippen molar-refractivity contribution in [2.24, 2.45) is 5.92 Å². The van der Waals surface area contributed by atoms with Gasteiger partial charge in [-0.3, -0.25) is 14.4 Å². The maximum absolute atomic E-state index is 13.8. The second-order valence-corrected chi connectivity index (χ2v) is 11.8. The summed E-state index contributed by atoms with van der Waals surface area (Å²) >= 11 is 0. The van der Waals surface area contributed by atoms with E-state index in [1.165, 1.54) is 25.3 Å². The lowest BCUT2D eigenvalue weighted by atomic mass is 9.95. The number of methoxy groups -OCH3 is 3. The Labute approximate surface area is 260 Å². The highest BCUT2D eigenvalue weighted by atomic mass is 16.5. The number of allylic oxidation sites excluding steroid dienone is 1. The molecule has 0 unspecified atom stereocenters. The predicted octanol–water partition coefficient (Wildman–Crippen LogP) is 5.70. The van der Waals surface area contributed by atoms with Gasteiger partial charge in [0.05, 0.1) is 33.1 Å². The van der Waals surface area contributed by atoms with Crippen molar-refractivity contribution in [3.8, 4) is 28.4 Å². The molecule has 9 heteroatoms. The topological polar surface area (TPSA) is 115 Å². The van der Waals surface area contributed by atoms with Crippen molar-refractivity contribution in [2.45, 2.75) is 84.2 Å². The number of anilines is 1. The molecule has 2 aliphatic carbocycles. The first-order valence-corrected chi connectivity index (χ1v) is 15.7. The lowest BCUT2D eigenvalue weighted by Gasteiger charge is -2.24. The number of ether oxygens (including phenoxy) is 3. The Morgan fingerprint density at radius 1 is 1.02 bits per heavy atom. The molecule has 2 amide bonds. The van der Waals surface area contributed by atoms with Crippen molar-refractivity contribution in [1.29, 1.82) is 0 Å². The molecule has 0 radical (unpaired) electrons. The summed E-state index contributed by atoms with van der Waals surface area (Å²) in [6, 6.07) is 6.10. The number of carbonyl (C=O) groups is 2. The highest BCUT2D eigenvalue weighted by Gasteiger charge is 2.30. The number of aryl methyl sites for hydroxylation is 1. The Hall–Kier alpha value is -4.01. The van der Waals surface area contributed by atoms with Crippen LogP contribution in [0.15, 0.2) is 40.7 Å². The Morgan fingerprint density at radius 3 is 2.43 bits per heavy atom. The number of hydrogen-bond acceptors (Lipinski definition) is 7. The predicted molar refractivity (Wildman–Crippen MR) is 174 cm³/mol. The highest BCUT2D eigenvalue weighted by Crippen LogP contribution is 2.50. The molecule has 3 N–H and O–H groups in total. The van der Waals surface area contributed by atoms with Crippen LogP contribution < -0.4 is 35.6 Å². The molecule has 238 valence electrons. The van der Waals surface area contributed by atoms with Crippen molar-refractivity contribution in [2.75, 3.05) is 33.2 Å². The quantitative estimate of drug-likeness (QED) is 0.266. The maximum atomic E-state index is 13.8. The van der Waals surface area contributed by atoms with Gasteiger partial charge >= 0.3 is 0 Å². The van der Waals surface area contributed by atoms with Gasteiger partial charge in [-0.15, -0.1) is 0 Å². The van der Waals surface area contributed by atoms with Gasteiger partial charge in [0.2, 0.25) is 23.0 Å². The summed E-state index contributed by atoms with van der Waals surface area (Å²) in [5.74, 6) is 1.15. The molecule has 9 nitrogen and oxygen atoms in total. The first-order chi connectivity index (χ1) is 21.2. The van der Waals surface area contributed by atoms with Crippen LogP contribution in [0.1, 0.15) is 82.9 Å². The number of benzene rings is 1. The highest BCUT2D eigenvalue weighted by molar-refractivity contribution is 5.86. The van der Waals surface area contributed by atoms with Gasteiger partial charge in [0, 0.05) is 19.0 Å². The summed E-state index contributed by atoms with van der Waals surface area (Å²) < 4.78 is 17.2. The number of nitrogens with one attached hydrogen (secondary N) is 3. The number of fused-ring (bicyclic) bond motifs is 3. The molecule has 0 fully saturated rings. The van der Waals surface area contributed by atoms with E-state index in [0.29, 0.717) is 47.9 Å². The van der Waals surface area contributed by atoms with Crippen molar-refractivity contribution >= 4 is 17.5 Å². The molecular weight excluding hydrogens is 558 g/mol. The van der Waals surface area contributed by atoms with E-state index < -0.39 is 12.1 Å². The summed E-state index contributed by atoms with van der Waals surface area (Å²) in [6.45, 7) is 6.09. The van der Waals surface area contributed by atoms with E-state index in [9.17, 15) is 14.4 Å². The first-order valence-electron chi connectivity index (χ1n) is 15.7. The average molecular weight is 606 g/mol. The molecule has 0 saturated carbocycles. The Kier molecular flexibility index (Phi) is 11.3. The molecule has 0 spiro atoms. The van der Waals surface area contributed by atoms with Gasteiger partial charge in [-0.25, -0.2) is 0 Å². The Morgan fingerprint density at radius 2 is 1.80 bits per heavy atom. The van der Waals surface area contributed by atoms with Gasteiger partial charge in [0.15, 0.2) is 11.5 Å². The van der Waals surface area contributed by atoms with Crippen molar-refractivity contribution in [3.05, 3.63) is 57.3 Å². The fourth-order valence-electron chi connectivity index (χ4n) is 6.28. The fourth-order valence-corrected chi connectivity index (χ4v) is 6.28. The Bertz CT molecular complexity index is 1450. The van der Waals surface area contributed by atoms with Gasteiger partial charge < -0.3 is 30.2 Å². The number of rotatable bonds is 12. The van der Waals surface area contributed by atoms with Crippen LogP contribution in [0.5, 0.6) is 17.2 Å². The molecule has 2 aromatic rings. The number of hydrogen-bond donors (Lipinski definition) is 3. The summed E-state index contributed by atoms with van der Waals surface area (Å²) in [7, 11) is 4.70. The fraction of sp³-hybridized carbons (Fsp3) is 0.514. The average Bonchev–Trinajstić information content (AvgIpc) is 3.26. The van der Waals surface area contributed by atoms with Crippen LogP contribution in [-0.2, 0) is 16.0 Å². The molecule has 0 heterocycles. The largest absolute Gasteiger partial charge is 0.493 e. The molecule has 4 rings (SSSR count). The standard InChI is InChI=1S/C35H47N3O6/c1-7-21(2)32(35(41)36-18-17-23-11-9-8-10-12-23)38-28-16-14-25-26(20-29(28)40)27(37-22(3)39)15-13-24-19-30(42-4)33(43-5)34(44-6)31(24)25/h11,14,16,19-21,27,32H,7-10,12-13,15,17-18H2,1-6H3,(H,36,41)(H,37,39)(H,38,40)/t21-,27-,32+/m0/s1. The van der Waals surface area contributed by atoms with Crippen molar-refractivity contribution in [3.63, 3.8) is 0 Å². The SMILES string of the molecule is CC[C@H](C)[C@@H](Nc1ccc2c(cc1=O)[C@@H](NC(C)=O)CCc1cc(OC)c(OC)c(OC)c1-2)C(=O)NCCC1=CCCCC1. The maximum Gasteiger partial charge on any atom is 0.242 e. The van der Waals surface area contributed by atoms with Crippen LogP contribution in [0.4, 0.5) is 5.69 Å². The monoisotopic (exact) mass is 605 g/mol. The molecule has 44 heavy (non-hydrogen) atoms. The van der Waals surface area contributed by atoms with E-state index in [0.717, 1.165) is 42.4 Å². The molecule has 2 aromatic carbocycles. The van der Waals surface area contributed by atoms with Crippen LogP contribution in [0, 0.1) is 5.92 Å². The number of carbonyl (C=O) groups excluding carboxylic acids is 2. The molecule has 0 bridgehead atoms. The summed E-state index contributed by atoms with van der Waals surface area (Å²) in [6.07, 6.45) is 9.73. The van der Waals surface area contributed by atoms with E-state index in [1.807, 2.05) is 26.0 Å². The second-order valence-electron chi connectivity index (χ2n) is 11.8. The van der Waals surface area contributed by atoms with E-state index in [4.69, 9.17) is 14.2 Å². The third kappa shape index (κ3) is 7.37. The summed E-state index contributed by atoms with van der Waals surface area (Å²) in [4.78, 5) is 39.5. The molecule has 3 atom stereocenters. The first kappa shape index (κ1) is 32.9. The van der Waals surface area contributed by atoms with Crippen LogP contribution in [0.3, 0.4) is 0 Å². The lowest BCUT2D eigenvalue weighted by Crippen LogP contribution is -2.44. The minimum absolute atomic E-state index is 0.0173.